The molecule has 2 aliphatic rings. The highest BCUT2D eigenvalue weighted by Crippen LogP contribution is 2.45. The summed E-state index contributed by atoms with van der Waals surface area (Å²) in [5, 5.41) is 0.728. The highest BCUT2D eigenvalue weighted by atomic mass is 32.2. The van der Waals surface area contributed by atoms with E-state index < -0.39 is 0 Å². The van der Waals surface area contributed by atoms with Gasteiger partial charge in [0.15, 0.2) is 5.17 Å². The first kappa shape index (κ1) is 25.5. The summed E-state index contributed by atoms with van der Waals surface area (Å²) in [5.74, 6) is 0.482. The molecule has 5 nitrogen and oxygen atoms in total. The van der Waals surface area contributed by atoms with Crippen LogP contribution in [0.25, 0.3) is 6.08 Å². The van der Waals surface area contributed by atoms with E-state index in [0.717, 1.165) is 40.7 Å². The van der Waals surface area contributed by atoms with Gasteiger partial charge in [-0.25, -0.2) is 4.99 Å². The highest BCUT2D eigenvalue weighted by Gasteiger charge is 2.36. The fourth-order valence-corrected chi connectivity index (χ4v) is 6.33. The second kappa shape index (κ2) is 10.6. The monoisotopic (exact) mass is 491 g/mol. The predicted octanol–water partition coefficient (Wildman–Crippen LogP) is 6.75. The number of benzene rings is 2. The van der Waals surface area contributed by atoms with Crippen molar-refractivity contribution in [2.75, 3.05) is 31.7 Å². The molecule has 186 valence electrons. The summed E-state index contributed by atoms with van der Waals surface area (Å²) in [6.45, 7) is 13.5. The Morgan fingerprint density at radius 2 is 1.97 bits per heavy atom. The minimum atomic E-state index is 0.0160. The lowest BCUT2D eigenvalue weighted by Crippen LogP contribution is -2.48. The van der Waals surface area contributed by atoms with Crippen LogP contribution in [0.3, 0.4) is 0 Å². The van der Waals surface area contributed by atoms with Crippen molar-refractivity contribution in [1.82, 2.24) is 4.90 Å². The lowest BCUT2D eigenvalue weighted by Gasteiger charge is -2.47. The van der Waals surface area contributed by atoms with Gasteiger partial charge in [0, 0.05) is 38.0 Å². The van der Waals surface area contributed by atoms with E-state index in [1.807, 2.05) is 30.3 Å². The van der Waals surface area contributed by atoms with Gasteiger partial charge >= 0.3 is 0 Å². The quantitative estimate of drug-likeness (QED) is 0.317. The number of fused-ring (bicyclic) bond motifs is 1. The minimum absolute atomic E-state index is 0.0160. The van der Waals surface area contributed by atoms with E-state index >= 15 is 0 Å². The molecule has 2 aromatic rings. The Bertz CT molecular complexity index is 1140. The van der Waals surface area contributed by atoms with Crippen LogP contribution in [0.1, 0.15) is 63.1 Å². The molecule has 0 radical (unpaired) electrons. The zero-order valence-electron chi connectivity index (χ0n) is 21.8. The van der Waals surface area contributed by atoms with Gasteiger partial charge in [-0.3, -0.25) is 9.69 Å². The summed E-state index contributed by atoms with van der Waals surface area (Å²) in [4.78, 5) is 23.3. The maximum absolute atomic E-state index is 13.5. The molecule has 0 bridgehead atoms. The highest BCUT2D eigenvalue weighted by molar-refractivity contribution is 8.18. The lowest BCUT2D eigenvalue weighted by atomic mass is 9.79. The number of methoxy groups -OCH3 is 1. The van der Waals surface area contributed by atoms with Crippen molar-refractivity contribution in [1.29, 1.82) is 0 Å². The number of aryl methyl sites for hydroxylation is 1. The molecule has 0 N–H and O–H groups in total. The molecule has 1 unspecified atom stereocenters. The third-order valence-corrected chi connectivity index (χ3v) is 7.98. The number of rotatable bonds is 7. The number of hydrogen-bond acceptors (Lipinski definition) is 5. The van der Waals surface area contributed by atoms with Crippen LogP contribution in [0.2, 0.25) is 0 Å². The molecule has 2 aliphatic heterocycles. The number of nitrogens with zero attached hydrogens (tertiary/aromatic N) is 3. The molecule has 0 aromatic heterocycles. The molecule has 1 saturated heterocycles. The first-order chi connectivity index (χ1) is 16.7. The standard InChI is InChI=1S/C29H37N3O2S/c1-7-32-25-16-20(2)22(17-24(25)21(3)19-29(32,4)5)18-26-27(33)31(14-11-15-34-6)28(35-26)30-23-12-9-8-10-13-23/h8-10,12-13,16-18,21H,7,11,14-15,19H2,1-6H3/b26-18+,30-28?. The largest absolute Gasteiger partial charge is 0.385 e. The molecule has 0 aliphatic carbocycles. The van der Waals surface area contributed by atoms with E-state index in [1.165, 1.54) is 28.6 Å². The van der Waals surface area contributed by atoms with Crippen molar-refractivity contribution in [2.24, 2.45) is 4.99 Å². The molecule has 35 heavy (non-hydrogen) atoms. The first-order valence-electron chi connectivity index (χ1n) is 12.5. The molecule has 1 fully saturated rings. The van der Waals surface area contributed by atoms with Crippen molar-refractivity contribution in [3.05, 3.63) is 64.1 Å². The number of hydrogen-bond donors (Lipinski definition) is 0. The Balaban J connectivity index is 1.70. The van der Waals surface area contributed by atoms with E-state index in [0.29, 0.717) is 19.1 Å². The van der Waals surface area contributed by atoms with Crippen molar-refractivity contribution in [3.63, 3.8) is 0 Å². The van der Waals surface area contributed by atoms with Crippen LogP contribution >= 0.6 is 11.8 Å². The van der Waals surface area contributed by atoms with E-state index in [9.17, 15) is 4.79 Å². The van der Waals surface area contributed by atoms with Crippen LogP contribution in [-0.2, 0) is 9.53 Å². The van der Waals surface area contributed by atoms with Gasteiger partial charge in [-0.1, -0.05) is 25.1 Å². The van der Waals surface area contributed by atoms with E-state index in [1.54, 1.807) is 12.0 Å². The van der Waals surface area contributed by atoms with Crippen molar-refractivity contribution < 1.29 is 9.53 Å². The number of carbonyl (C=O) groups is 1. The van der Waals surface area contributed by atoms with Gasteiger partial charge < -0.3 is 9.64 Å². The van der Waals surface area contributed by atoms with Crippen molar-refractivity contribution >= 4 is 40.3 Å². The molecule has 1 amide bonds. The predicted molar refractivity (Wildman–Crippen MR) is 149 cm³/mol. The Morgan fingerprint density at radius 3 is 2.66 bits per heavy atom. The smallest absolute Gasteiger partial charge is 0.266 e. The number of aliphatic imine (C=N–C) groups is 1. The third-order valence-electron chi connectivity index (χ3n) is 6.98. The molecule has 1 atom stereocenters. The fourth-order valence-electron chi connectivity index (χ4n) is 5.31. The average molecular weight is 492 g/mol. The zero-order chi connectivity index (χ0) is 25.2. The number of amidine groups is 1. The molecule has 0 spiro atoms. The van der Waals surface area contributed by atoms with E-state index in [-0.39, 0.29) is 11.4 Å². The maximum atomic E-state index is 13.5. The van der Waals surface area contributed by atoms with E-state index in [4.69, 9.17) is 9.73 Å². The Hall–Kier alpha value is -2.57. The lowest BCUT2D eigenvalue weighted by molar-refractivity contribution is -0.122. The van der Waals surface area contributed by atoms with E-state index in [2.05, 4.69) is 57.7 Å². The van der Waals surface area contributed by atoms with Crippen LogP contribution in [0.5, 0.6) is 0 Å². The number of para-hydroxylation sites is 1. The van der Waals surface area contributed by atoms with Gasteiger partial charge in [0.25, 0.3) is 5.91 Å². The van der Waals surface area contributed by atoms with Crippen LogP contribution < -0.4 is 4.90 Å². The molecule has 2 heterocycles. The number of anilines is 1. The minimum Gasteiger partial charge on any atom is -0.385 e. The van der Waals surface area contributed by atoms with Gasteiger partial charge in [0.1, 0.15) is 0 Å². The van der Waals surface area contributed by atoms with Gasteiger partial charge in [0.2, 0.25) is 0 Å². The number of thioether (sulfide) groups is 1. The molecular formula is C29H37N3O2S. The van der Waals surface area contributed by atoms with Crippen LogP contribution in [0.4, 0.5) is 11.4 Å². The van der Waals surface area contributed by atoms with Crippen LogP contribution in [0, 0.1) is 6.92 Å². The van der Waals surface area contributed by atoms with Gasteiger partial charge in [-0.2, -0.15) is 0 Å². The summed E-state index contributed by atoms with van der Waals surface area (Å²) < 4.78 is 5.22. The second-order valence-electron chi connectivity index (χ2n) is 10.1. The maximum Gasteiger partial charge on any atom is 0.266 e. The van der Waals surface area contributed by atoms with Crippen molar-refractivity contribution in [3.8, 4) is 0 Å². The first-order valence-corrected chi connectivity index (χ1v) is 13.3. The molecule has 0 saturated carbocycles. The van der Waals surface area contributed by atoms with Crippen molar-refractivity contribution in [2.45, 2.75) is 58.9 Å². The second-order valence-corrected chi connectivity index (χ2v) is 11.1. The summed E-state index contributed by atoms with van der Waals surface area (Å²) >= 11 is 1.46. The zero-order valence-corrected chi connectivity index (χ0v) is 22.6. The molecule has 6 heteroatoms. The molecular weight excluding hydrogens is 454 g/mol. The fraction of sp³-hybridized carbons (Fsp3) is 0.448. The molecule has 2 aromatic carbocycles. The summed E-state index contributed by atoms with van der Waals surface area (Å²) in [7, 11) is 1.69. The normalized spacial score (nSPS) is 21.8. The summed E-state index contributed by atoms with van der Waals surface area (Å²) in [6.07, 6.45) is 3.94. The molecule has 4 rings (SSSR count). The van der Waals surface area contributed by atoms with Crippen LogP contribution in [0.15, 0.2) is 52.4 Å². The van der Waals surface area contributed by atoms with Gasteiger partial charge in [0.05, 0.1) is 10.6 Å². The number of ether oxygens (including phenoxy) is 1. The average Bonchev–Trinajstić information content (AvgIpc) is 3.09. The Morgan fingerprint density at radius 1 is 1.23 bits per heavy atom. The van der Waals surface area contributed by atoms with Crippen LogP contribution in [-0.4, -0.2) is 48.3 Å². The van der Waals surface area contributed by atoms with Gasteiger partial charge in [-0.05, 0) is 105 Å². The topological polar surface area (TPSA) is 45.1 Å². The summed E-state index contributed by atoms with van der Waals surface area (Å²) in [6, 6.07) is 14.4. The SMILES string of the molecule is CCN1c2cc(C)c(/C=C3/SC(=Nc4ccccc4)N(CCCOC)C3=O)cc2C(C)CC1(C)C. The van der Waals surface area contributed by atoms with Gasteiger partial charge in [-0.15, -0.1) is 0 Å². The number of carbonyl (C=O) groups excluding carboxylic acids is 1. The summed E-state index contributed by atoms with van der Waals surface area (Å²) in [5.41, 5.74) is 5.98. The number of amides is 1. The Kier molecular flexibility index (Phi) is 7.72. The Labute approximate surface area is 214 Å². The third kappa shape index (κ3) is 5.34.